The van der Waals surface area contributed by atoms with E-state index < -0.39 is 0 Å². The van der Waals surface area contributed by atoms with Gasteiger partial charge in [0.2, 0.25) is 0 Å². The molecule has 0 atom stereocenters. The summed E-state index contributed by atoms with van der Waals surface area (Å²) >= 11 is 0. The minimum Gasteiger partial charge on any atom is -0.293 e. The average Bonchev–Trinajstić information content (AvgIpc) is 2.36. The van der Waals surface area contributed by atoms with Crippen LogP contribution in [0.3, 0.4) is 0 Å². The molecule has 4 heteroatoms. The molecule has 0 spiro atoms. The highest BCUT2D eigenvalue weighted by molar-refractivity contribution is 5.73. The number of pyridine rings is 1. The highest BCUT2D eigenvalue weighted by Gasteiger charge is 2.04. The molecule has 18 heavy (non-hydrogen) atoms. The van der Waals surface area contributed by atoms with E-state index in [1.807, 2.05) is 6.92 Å². The van der Waals surface area contributed by atoms with Crippen LogP contribution >= 0.6 is 0 Å². The number of nitrogens with zero attached hydrogens (tertiary/aromatic N) is 3. The quantitative estimate of drug-likeness (QED) is 0.761. The minimum atomic E-state index is 0.0251. The van der Waals surface area contributed by atoms with Gasteiger partial charge in [0.1, 0.15) is 11.5 Å². The van der Waals surface area contributed by atoms with Gasteiger partial charge in [-0.15, -0.1) is 0 Å². The Morgan fingerprint density at radius 2 is 2.06 bits per heavy atom. The summed E-state index contributed by atoms with van der Waals surface area (Å²) in [6, 6.07) is 3.39. The first-order chi connectivity index (χ1) is 8.72. The first kappa shape index (κ1) is 12.7. The van der Waals surface area contributed by atoms with Gasteiger partial charge in [0.25, 0.3) is 5.56 Å². The molecule has 0 aliphatic carbocycles. The van der Waals surface area contributed by atoms with E-state index in [1.165, 1.54) is 12.8 Å². The first-order valence-electron chi connectivity index (χ1n) is 6.55. The third-order valence-electron chi connectivity index (χ3n) is 3.08. The van der Waals surface area contributed by atoms with Crippen molar-refractivity contribution in [3.8, 4) is 0 Å². The van der Waals surface area contributed by atoms with Crippen molar-refractivity contribution >= 4 is 11.0 Å². The lowest BCUT2D eigenvalue weighted by Gasteiger charge is -2.09. The van der Waals surface area contributed by atoms with E-state index in [4.69, 9.17) is 0 Å². The fraction of sp³-hybridized carbons (Fsp3) is 0.500. The molecule has 0 saturated heterocycles. The number of unbranched alkanes of at least 4 members (excludes halogenated alkanes) is 3. The fourth-order valence-electron chi connectivity index (χ4n) is 2.07. The topological polar surface area (TPSA) is 47.8 Å². The second-order valence-corrected chi connectivity index (χ2v) is 4.58. The van der Waals surface area contributed by atoms with Gasteiger partial charge in [0.15, 0.2) is 0 Å². The number of fused-ring (bicyclic) bond motifs is 1. The van der Waals surface area contributed by atoms with Crippen molar-refractivity contribution in [1.29, 1.82) is 0 Å². The number of aryl methyl sites for hydroxylation is 2. The maximum Gasteiger partial charge on any atom is 0.252 e. The third-order valence-corrected chi connectivity index (χ3v) is 3.08. The van der Waals surface area contributed by atoms with Crippen LogP contribution in [0.1, 0.15) is 38.4 Å². The zero-order chi connectivity index (χ0) is 13.0. The van der Waals surface area contributed by atoms with Gasteiger partial charge < -0.3 is 0 Å². The molecule has 0 aromatic carbocycles. The Balaban J connectivity index is 2.32. The van der Waals surface area contributed by atoms with Crippen molar-refractivity contribution in [2.24, 2.45) is 0 Å². The smallest absolute Gasteiger partial charge is 0.252 e. The van der Waals surface area contributed by atoms with Gasteiger partial charge in [-0.1, -0.05) is 26.2 Å². The zero-order valence-electron chi connectivity index (χ0n) is 11.0. The normalized spacial score (nSPS) is 11.0. The maximum absolute atomic E-state index is 11.9. The highest BCUT2D eigenvalue weighted by Crippen LogP contribution is 2.09. The fourth-order valence-corrected chi connectivity index (χ4v) is 2.07. The highest BCUT2D eigenvalue weighted by atomic mass is 16.1. The van der Waals surface area contributed by atoms with Gasteiger partial charge in [0, 0.05) is 24.2 Å². The lowest BCUT2D eigenvalue weighted by molar-refractivity contribution is 0.579. The summed E-state index contributed by atoms with van der Waals surface area (Å²) in [6.45, 7) is 4.77. The maximum atomic E-state index is 11.9. The van der Waals surface area contributed by atoms with Gasteiger partial charge in [-0.2, -0.15) is 0 Å². The summed E-state index contributed by atoms with van der Waals surface area (Å²) < 4.78 is 1.76. The molecule has 0 amide bonds. The molecule has 2 aromatic rings. The lowest BCUT2D eigenvalue weighted by Crippen LogP contribution is -2.20. The Morgan fingerprint density at radius 1 is 1.22 bits per heavy atom. The van der Waals surface area contributed by atoms with Crippen molar-refractivity contribution in [3.63, 3.8) is 0 Å². The standard InChI is InChI=1S/C14H19N3O/c1-3-4-5-6-9-17-13(18)8-7-12-10-15-11(2)16-14(12)17/h7-8,10H,3-6,9H2,1-2H3. The second-order valence-electron chi connectivity index (χ2n) is 4.58. The van der Waals surface area contributed by atoms with Gasteiger partial charge >= 0.3 is 0 Å². The van der Waals surface area contributed by atoms with Crippen molar-refractivity contribution < 1.29 is 0 Å². The SMILES string of the molecule is CCCCCCn1c(=O)ccc2cnc(C)nc21. The van der Waals surface area contributed by atoms with E-state index in [2.05, 4.69) is 16.9 Å². The molecule has 96 valence electrons. The summed E-state index contributed by atoms with van der Waals surface area (Å²) in [4.78, 5) is 20.5. The number of aromatic nitrogens is 3. The van der Waals surface area contributed by atoms with E-state index >= 15 is 0 Å². The van der Waals surface area contributed by atoms with Crippen molar-refractivity contribution in [2.45, 2.75) is 46.1 Å². The van der Waals surface area contributed by atoms with Crippen LogP contribution in [0.2, 0.25) is 0 Å². The van der Waals surface area contributed by atoms with Crippen molar-refractivity contribution in [2.75, 3.05) is 0 Å². The predicted octanol–water partition coefficient (Wildman–Crippen LogP) is 2.68. The molecule has 0 N–H and O–H groups in total. The van der Waals surface area contributed by atoms with E-state index in [-0.39, 0.29) is 5.56 Å². The van der Waals surface area contributed by atoms with E-state index in [9.17, 15) is 4.79 Å². The summed E-state index contributed by atoms with van der Waals surface area (Å²) in [5.74, 6) is 0.704. The Morgan fingerprint density at radius 3 is 2.83 bits per heavy atom. The molecule has 0 radical (unpaired) electrons. The lowest BCUT2D eigenvalue weighted by atomic mass is 10.2. The van der Waals surface area contributed by atoms with Crippen LogP contribution in [-0.2, 0) is 6.54 Å². The molecule has 2 rings (SSSR count). The van der Waals surface area contributed by atoms with Gasteiger partial charge in [-0.3, -0.25) is 9.36 Å². The number of hydrogen-bond acceptors (Lipinski definition) is 3. The minimum absolute atomic E-state index is 0.0251. The predicted molar refractivity (Wildman–Crippen MR) is 72.7 cm³/mol. The van der Waals surface area contributed by atoms with Crippen LogP contribution in [0.5, 0.6) is 0 Å². The average molecular weight is 245 g/mol. The molecule has 4 nitrogen and oxygen atoms in total. The number of hydrogen-bond donors (Lipinski definition) is 0. The third kappa shape index (κ3) is 2.75. The molecule has 2 heterocycles. The number of rotatable bonds is 5. The second kappa shape index (κ2) is 5.76. The first-order valence-corrected chi connectivity index (χ1v) is 6.55. The molecule has 0 aliphatic rings. The van der Waals surface area contributed by atoms with Crippen LogP contribution in [0.4, 0.5) is 0 Å². The molecular formula is C14H19N3O. The molecule has 0 unspecified atom stereocenters. The molecule has 2 aromatic heterocycles. The summed E-state index contributed by atoms with van der Waals surface area (Å²) in [6.07, 6.45) is 6.37. The van der Waals surface area contributed by atoms with Crippen LogP contribution < -0.4 is 5.56 Å². The van der Waals surface area contributed by atoms with Gasteiger partial charge in [-0.25, -0.2) is 9.97 Å². The molecule has 0 saturated carbocycles. The van der Waals surface area contributed by atoms with E-state index in [0.717, 1.165) is 30.4 Å². The molecular weight excluding hydrogens is 226 g/mol. The Bertz CT molecular complexity index is 589. The molecule has 0 bridgehead atoms. The molecule has 0 fully saturated rings. The summed E-state index contributed by atoms with van der Waals surface area (Å²) in [5, 5.41) is 0.927. The Hall–Kier alpha value is -1.71. The monoisotopic (exact) mass is 245 g/mol. The van der Waals surface area contributed by atoms with Crippen LogP contribution in [-0.4, -0.2) is 14.5 Å². The summed E-state index contributed by atoms with van der Waals surface area (Å²) in [5.41, 5.74) is 0.781. The van der Waals surface area contributed by atoms with Crippen LogP contribution in [0.15, 0.2) is 23.1 Å². The van der Waals surface area contributed by atoms with Crippen LogP contribution in [0.25, 0.3) is 11.0 Å². The van der Waals surface area contributed by atoms with Crippen molar-refractivity contribution in [3.05, 3.63) is 34.5 Å². The van der Waals surface area contributed by atoms with E-state index in [0.29, 0.717) is 5.82 Å². The zero-order valence-corrected chi connectivity index (χ0v) is 11.0. The van der Waals surface area contributed by atoms with Gasteiger partial charge in [-0.05, 0) is 19.4 Å². The largest absolute Gasteiger partial charge is 0.293 e. The Labute approximate surface area is 107 Å². The van der Waals surface area contributed by atoms with Crippen molar-refractivity contribution in [1.82, 2.24) is 14.5 Å². The van der Waals surface area contributed by atoms with Gasteiger partial charge in [0.05, 0.1) is 0 Å². The van der Waals surface area contributed by atoms with E-state index in [1.54, 1.807) is 22.9 Å². The van der Waals surface area contributed by atoms with Crippen LogP contribution in [0, 0.1) is 6.92 Å². The Kier molecular flexibility index (Phi) is 4.07. The molecule has 0 aliphatic heterocycles. The summed E-state index contributed by atoms with van der Waals surface area (Å²) in [7, 11) is 0.